The summed E-state index contributed by atoms with van der Waals surface area (Å²) in [5, 5.41) is 7.14. The Hall–Kier alpha value is -2.59. The zero-order valence-electron chi connectivity index (χ0n) is 20.9. The van der Waals surface area contributed by atoms with E-state index in [1.54, 1.807) is 24.1 Å². The van der Waals surface area contributed by atoms with Crippen LogP contribution < -0.4 is 14.3 Å². The molecule has 0 bridgehead atoms. The van der Waals surface area contributed by atoms with Crippen molar-refractivity contribution >= 4 is 27.6 Å². The molecule has 5 rings (SSSR count). The predicted molar refractivity (Wildman–Crippen MR) is 137 cm³/mol. The lowest BCUT2D eigenvalue weighted by molar-refractivity contribution is 0.173. The summed E-state index contributed by atoms with van der Waals surface area (Å²) < 4.78 is 32.5. The highest BCUT2D eigenvalue weighted by atomic mass is 32.2. The van der Waals surface area contributed by atoms with Gasteiger partial charge in [-0.15, -0.1) is 0 Å². The third kappa shape index (κ3) is 4.78. The number of hydrogen-bond donors (Lipinski definition) is 2. The van der Waals surface area contributed by atoms with Crippen molar-refractivity contribution < 1.29 is 13.2 Å². The van der Waals surface area contributed by atoms with Crippen LogP contribution in [0.2, 0.25) is 0 Å². The van der Waals surface area contributed by atoms with Crippen molar-refractivity contribution in [1.82, 2.24) is 19.4 Å². The van der Waals surface area contributed by atoms with Crippen molar-refractivity contribution in [2.45, 2.75) is 77.3 Å². The van der Waals surface area contributed by atoms with Gasteiger partial charge in [0.2, 0.25) is 0 Å². The zero-order chi connectivity index (χ0) is 24.7. The summed E-state index contributed by atoms with van der Waals surface area (Å²) in [5.41, 5.74) is 6.22. The van der Waals surface area contributed by atoms with Crippen LogP contribution in [-0.2, 0) is 42.9 Å². The van der Waals surface area contributed by atoms with E-state index in [9.17, 15) is 13.2 Å². The van der Waals surface area contributed by atoms with E-state index >= 15 is 0 Å². The highest BCUT2D eigenvalue weighted by Crippen LogP contribution is 2.38. The zero-order valence-corrected chi connectivity index (χ0v) is 21.7. The molecule has 2 N–H and O–H groups in total. The molecule has 2 aliphatic carbocycles. The quantitative estimate of drug-likeness (QED) is 0.635. The number of urea groups is 1. The van der Waals surface area contributed by atoms with Crippen LogP contribution in [0, 0.1) is 0 Å². The van der Waals surface area contributed by atoms with Gasteiger partial charge in [0.25, 0.3) is 0 Å². The molecule has 190 valence electrons. The fourth-order valence-corrected chi connectivity index (χ4v) is 7.34. The summed E-state index contributed by atoms with van der Waals surface area (Å²) in [6.45, 7) is 5.92. The van der Waals surface area contributed by atoms with Crippen molar-refractivity contribution in [3.8, 4) is 0 Å². The maximum Gasteiger partial charge on any atom is 0.334 e. The highest BCUT2D eigenvalue weighted by Gasteiger charge is 2.36. The monoisotopic (exact) mass is 500 g/mol. The Balaban J connectivity index is 1.38. The first-order chi connectivity index (χ1) is 16.7. The Morgan fingerprint density at radius 2 is 1.71 bits per heavy atom. The molecule has 1 aromatic carbocycles. The van der Waals surface area contributed by atoms with E-state index in [1.807, 2.05) is 0 Å². The number of piperidine rings is 1. The maximum absolute atomic E-state index is 13.6. The number of carbonyl (C=O) groups is 1. The number of carbonyl (C=O) groups excluding carboxylic acids is 1. The topological polar surface area (TPSA) is 99.6 Å². The minimum absolute atomic E-state index is 0.246. The highest BCUT2D eigenvalue weighted by molar-refractivity contribution is 7.91. The standard InChI is InChI=1S/C25H36N6O3S/c1-17(2)30-12-10-20(11-13-30)31(21-15-26-29(3)16-21)35(33,34)28-25(32)27-24-22-8-4-6-18(22)14-19-7-5-9-23(19)24/h14-17,20H,4-13H2,1-3H3,(H2,27,28,32). The molecule has 0 radical (unpaired) electrons. The molecular formula is C25H36N6O3S. The normalized spacial score (nSPS) is 18.5. The third-order valence-electron chi connectivity index (χ3n) is 7.70. The molecule has 2 aromatic rings. The van der Waals surface area contributed by atoms with Crippen LogP contribution in [0.15, 0.2) is 18.5 Å². The van der Waals surface area contributed by atoms with E-state index in [1.165, 1.54) is 26.6 Å². The molecule has 0 atom stereocenters. The van der Waals surface area contributed by atoms with Crippen molar-refractivity contribution in [2.24, 2.45) is 7.05 Å². The van der Waals surface area contributed by atoms with Gasteiger partial charge in [-0.2, -0.15) is 13.5 Å². The second kappa shape index (κ2) is 9.46. The molecule has 2 amide bonds. The average molecular weight is 501 g/mol. The summed E-state index contributed by atoms with van der Waals surface area (Å²) in [7, 11) is -2.39. The van der Waals surface area contributed by atoms with Gasteiger partial charge in [-0.05, 0) is 87.5 Å². The Morgan fingerprint density at radius 1 is 1.09 bits per heavy atom. The van der Waals surface area contributed by atoms with Crippen LogP contribution in [-0.4, -0.2) is 54.3 Å². The van der Waals surface area contributed by atoms with Crippen molar-refractivity contribution in [3.63, 3.8) is 0 Å². The Kier molecular flexibility index (Phi) is 6.52. The van der Waals surface area contributed by atoms with E-state index in [4.69, 9.17) is 0 Å². The first kappa shape index (κ1) is 24.1. The van der Waals surface area contributed by atoms with Gasteiger partial charge >= 0.3 is 16.2 Å². The number of aromatic nitrogens is 2. The minimum Gasteiger partial charge on any atom is -0.307 e. The van der Waals surface area contributed by atoms with Crippen LogP contribution in [0.1, 0.15) is 61.8 Å². The second-order valence-corrected chi connectivity index (χ2v) is 11.9. The largest absolute Gasteiger partial charge is 0.334 e. The van der Waals surface area contributed by atoms with Crippen LogP contribution in [0.5, 0.6) is 0 Å². The molecule has 0 unspecified atom stereocenters. The first-order valence-electron chi connectivity index (χ1n) is 12.8. The number of likely N-dealkylation sites (tertiary alicyclic amines) is 1. The molecule has 0 saturated carbocycles. The first-order valence-corrected chi connectivity index (χ1v) is 14.2. The van der Waals surface area contributed by atoms with Gasteiger partial charge < -0.3 is 10.2 Å². The molecule has 35 heavy (non-hydrogen) atoms. The fourth-order valence-electron chi connectivity index (χ4n) is 5.98. The molecule has 1 aromatic heterocycles. The maximum atomic E-state index is 13.6. The van der Waals surface area contributed by atoms with Crippen LogP contribution in [0.4, 0.5) is 16.2 Å². The number of fused-ring (bicyclic) bond motifs is 2. The van der Waals surface area contributed by atoms with E-state index in [2.05, 4.69) is 40.0 Å². The summed E-state index contributed by atoms with van der Waals surface area (Å²) in [6.07, 6.45) is 10.6. The number of rotatable bonds is 6. The van der Waals surface area contributed by atoms with Gasteiger partial charge in [0.05, 0.1) is 11.9 Å². The van der Waals surface area contributed by atoms with E-state index in [0.29, 0.717) is 24.6 Å². The number of nitrogens with zero attached hydrogens (tertiary/aromatic N) is 4. The number of nitrogens with one attached hydrogen (secondary N) is 2. The van der Waals surface area contributed by atoms with Crippen LogP contribution in [0.3, 0.4) is 0 Å². The molecule has 2 heterocycles. The molecule has 3 aliphatic rings. The Morgan fingerprint density at radius 3 is 2.26 bits per heavy atom. The molecule has 0 spiro atoms. The lowest BCUT2D eigenvalue weighted by atomic mass is 9.99. The van der Waals surface area contributed by atoms with E-state index < -0.39 is 16.2 Å². The summed E-state index contributed by atoms with van der Waals surface area (Å²) >= 11 is 0. The van der Waals surface area contributed by atoms with Gasteiger partial charge in [-0.3, -0.25) is 4.68 Å². The van der Waals surface area contributed by atoms with E-state index in [0.717, 1.165) is 57.3 Å². The van der Waals surface area contributed by atoms with Crippen molar-refractivity contribution in [1.29, 1.82) is 0 Å². The second-order valence-electron chi connectivity index (χ2n) is 10.3. The van der Waals surface area contributed by atoms with Gasteiger partial charge in [0.15, 0.2) is 0 Å². The summed E-state index contributed by atoms with van der Waals surface area (Å²) in [4.78, 5) is 15.5. The van der Waals surface area contributed by atoms with Gasteiger partial charge in [0.1, 0.15) is 0 Å². The van der Waals surface area contributed by atoms with Crippen molar-refractivity contribution in [2.75, 3.05) is 22.7 Å². The summed E-state index contributed by atoms with van der Waals surface area (Å²) in [6, 6.07) is 1.76. The SMILES string of the molecule is CC(C)N1CCC(N(c2cnn(C)c2)S(=O)(=O)NC(=O)Nc2c3c(cc4c2CCC4)CCC3)CC1. The minimum atomic E-state index is -4.15. The lowest BCUT2D eigenvalue weighted by Gasteiger charge is -2.39. The number of hydrogen-bond acceptors (Lipinski definition) is 5. The van der Waals surface area contributed by atoms with E-state index in [-0.39, 0.29) is 6.04 Å². The number of amides is 2. The molecule has 9 nitrogen and oxygen atoms in total. The molecule has 1 fully saturated rings. The smallest absolute Gasteiger partial charge is 0.307 e. The summed E-state index contributed by atoms with van der Waals surface area (Å²) in [5.74, 6) is 0. The average Bonchev–Trinajstić information content (AvgIpc) is 3.54. The van der Waals surface area contributed by atoms with Crippen LogP contribution in [0.25, 0.3) is 0 Å². The number of aryl methyl sites for hydroxylation is 3. The third-order valence-corrected chi connectivity index (χ3v) is 9.17. The number of anilines is 2. The fraction of sp³-hybridized carbons (Fsp3) is 0.600. The molecule has 1 saturated heterocycles. The van der Waals surface area contributed by atoms with Gasteiger partial charge in [-0.25, -0.2) is 13.8 Å². The molecule has 1 aliphatic heterocycles. The predicted octanol–water partition coefficient (Wildman–Crippen LogP) is 3.14. The van der Waals surface area contributed by atoms with Crippen LogP contribution >= 0.6 is 0 Å². The van der Waals surface area contributed by atoms with Crippen molar-refractivity contribution in [3.05, 3.63) is 40.7 Å². The molecular weight excluding hydrogens is 464 g/mol. The Bertz CT molecular complexity index is 1180. The molecule has 10 heteroatoms. The Labute approximate surface area is 208 Å². The number of benzene rings is 1. The lowest BCUT2D eigenvalue weighted by Crippen LogP contribution is -2.53. The van der Waals surface area contributed by atoms with Gasteiger partial charge in [-0.1, -0.05) is 6.07 Å². The van der Waals surface area contributed by atoms with Gasteiger partial charge in [0, 0.05) is 44.1 Å².